The van der Waals surface area contributed by atoms with Crippen molar-refractivity contribution in [2.24, 2.45) is 0 Å². The molecule has 2 aromatic rings. The van der Waals surface area contributed by atoms with Crippen LogP contribution in [0, 0.1) is 13.8 Å². The Kier molecular flexibility index (Phi) is 4.39. The fourth-order valence-electron chi connectivity index (χ4n) is 2.27. The Morgan fingerprint density at radius 1 is 1.00 bits per heavy atom. The highest BCUT2D eigenvalue weighted by Crippen LogP contribution is 2.29. The molecule has 2 aromatic carbocycles. The van der Waals surface area contributed by atoms with Gasteiger partial charge in [-0.15, -0.1) is 0 Å². The minimum absolute atomic E-state index is 0.0329. The van der Waals surface area contributed by atoms with Crippen LogP contribution in [0.1, 0.15) is 34.6 Å². The van der Waals surface area contributed by atoms with Crippen molar-refractivity contribution in [3.63, 3.8) is 0 Å². The van der Waals surface area contributed by atoms with Crippen molar-refractivity contribution in [3.8, 4) is 0 Å². The van der Waals surface area contributed by atoms with Crippen molar-refractivity contribution >= 4 is 16.8 Å². The normalized spacial score (nSPS) is 12.2. The molecule has 19 heavy (non-hydrogen) atoms. The average molecular weight is 273 g/mol. The van der Waals surface area contributed by atoms with Crippen molar-refractivity contribution < 1.29 is 4.79 Å². The predicted molar refractivity (Wildman–Crippen MR) is 79.7 cm³/mol. The van der Waals surface area contributed by atoms with Gasteiger partial charge >= 0.3 is 0 Å². The summed E-state index contributed by atoms with van der Waals surface area (Å²) in [4.78, 5) is 11.3. The van der Waals surface area contributed by atoms with E-state index in [1.54, 1.807) is 0 Å². The SMILES string of the molecule is Cc1ccc(C(CC(=O)Cl)c2cccc(C)c2)cc1. The maximum Gasteiger partial charge on any atom is 0.222 e. The van der Waals surface area contributed by atoms with E-state index in [1.807, 2.05) is 6.07 Å². The molecular formula is C17H17ClO. The highest BCUT2D eigenvalue weighted by atomic mass is 35.5. The van der Waals surface area contributed by atoms with Crippen molar-refractivity contribution in [3.05, 3.63) is 70.8 Å². The summed E-state index contributed by atoms with van der Waals surface area (Å²) >= 11 is 5.60. The molecule has 98 valence electrons. The summed E-state index contributed by atoms with van der Waals surface area (Å²) in [6.07, 6.45) is 0.327. The molecule has 1 atom stereocenters. The molecule has 0 aliphatic rings. The van der Waals surface area contributed by atoms with Crippen LogP contribution in [0.4, 0.5) is 0 Å². The van der Waals surface area contributed by atoms with Gasteiger partial charge in [-0.1, -0.05) is 59.7 Å². The van der Waals surface area contributed by atoms with E-state index < -0.39 is 0 Å². The molecule has 0 bridgehead atoms. The molecule has 0 saturated carbocycles. The van der Waals surface area contributed by atoms with E-state index in [0.717, 1.165) is 11.1 Å². The van der Waals surface area contributed by atoms with Gasteiger partial charge in [-0.25, -0.2) is 0 Å². The van der Waals surface area contributed by atoms with Gasteiger partial charge in [0.2, 0.25) is 5.24 Å². The number of hydrogen-bond donors (Lipinski definition) is 0. The third-order valence-corrected chi connectivity index (χ3v) is 3.44. The monoisotopic (exact) mass is 272 g/mol. The maximum atomic E-state index is 11.3. The van der Waals surface area contributed by atoms with E-state index in [4.69, 9.17) is 11.6 Å². The van der Waals surface area contributed by atoms with E-state index in [9.17, 15) is 4.79 Å². The first-order valence-corrected chi connectivity index (χ1v) is 6.75. The first-order valence-electron chi connectivity index (χ1n) is 6.37. The topological polar surface area (TPSA) is 17.1 Å². The van der Waals surface area contributed by atoms with Crippen LogP contribution >= 0.6 is 11.6 Å². The van der Waals surface area contributed by atoms with Gasteiger partial charge in [-0.05, 0) is 36.6 Å². The lowest BCUT2D eigenvalue weighted by molar-refractivity contribution is -0.111. The molecule has 0 saturated heterocycles. The molecule has 1 nitrogen and oxygen atoms in total. The Bertz CT molecular complexity index is 572. The Morgan fingerprint density at radius 3 is 2.26 bits per heavy atom. The standard InChI is InChI=1S/C17H17ClO/c1-12-6-8-14(9-7-12)16(11-17(18)19)15-5-3-4-13(2)10-15/h3-10,16H,11H2,1-2H3. The molecule has 0 amide bonds. The molecule has 0 fully saturated rings. The molecule has 2 rings (SSSR count). The molecule has 0 aliphatic carbocycles. The van der Waals surface area contributed by atoms with Crippen LogP contribution in [-0.2, 0) is 4.79 Å². The number of hydrogen-bond acceptors (Lipinski definition) is 1. The summed E-state index contributed by atoms with van der Waals surface area (Å²) in [7, 11) is 0. The van der Waals surface area contributed by atoms with Gasteiger partial charge in [0, 0.05) is 12.3 Å². The van der Waals surface area contributed by atoms with Crippen LogP contribution < -0.4 is 0 Å². The second-order valence-corrected chi connectivity index (χ2v) is 5.36. The second-order valence-electron chi connectivity index (χ2n) is 4.94. The second kappa shape index (κ2) is 6.03. The van der Waals surface area contributed by atoms with Crippen molar-refractivity contribution in [2.45, 2.75) is 26.2 Å². The van der Waals surface area contributed by atoms with Gasteiger partial charge in [0.15, 0.2) is 0 Å². The van der Waals surface area contributed by atoms with E-state index in [0.29, 0.717) is 6.42 Å². The lowest BCUT2D eigenvalue weighted by Gasteiger charge is -2.17. The van der Waals surface area contributed by atoms with Gasteiger partial charge in [0.25, 0.3) is 0 Å². The summed E-state index contributed by atoms with van der Waals surface area (Å²) in [6, 6.07) is 16.5. The van der Waals surface area contributed by atoms with Gasteiger partial charge in [-0.2, -0.15) is 0 Å². The van der Waals surface area contributed by atoms with Crippen LogP contribution in [0.5, 0.6) is 0 Å². The highest BCUT2D eigenvalue weighted by Gasteiger charge is 2.17. The van der Waals surface area contributed by atoms with Crippen LogP contribution in [0.3, 0.4) is 0 Å². The Balaban J connectivity index is 2.40. The summed E-state index contributed by atoms with van der Waals surface area (Å²) in [5, 5.41) is -0.299. The fourth-order valence-corrected chi connectivity index (χ4v) is 2.43. The van der Waals surface area contributed by atoms with Gasteiger partial charge < -0.3 is 0 Å². The lowest BCUT2D eigenvalue weighted by Crippen LogP contribution is -2.05. The van der Waals surface area contributed by atoms with Crippen LogP contribution in [0.15, 0.2) is 48.5 Å². The van der Waals surface area contributed by atoms with Gasteiger partial charge in [0.1, 0.15) is 0 Å². The van der Waals surface area contributed by atoms with E-state index >= 15 is 0 Å². The van der Waals surface area contributed by atoms with Crippen LogP contribution in [0.25, 0.3) is 0 Å². The number of carbonyl (C=O) groups is 1. The lowest BCUT2D eigenvalue weighted by atomic mass is 9.88. The molecule has 0 radical (unpaired) electrons. The number of rotatable bonds is 4. The van der Waals surface area contributed by atoms with Crippen LogP contribution in [-0.4, -0.2) is 5.24 Å². The number of aryl methyl sites for hydroxylation is 2. The molecular weight excluding hydrogens is 256 g/mol. The van der Waals surface area contributed by atoms with E-state index in [-0.39, 0.29) is 11.2 Å². The van der Waals surface area contributed by atoms with Crippen molar-refractivity contribution in [2.75, 3.05) is 0 Å². The van der Waals surface area contributed by atoms with E-state index in [2.05, 4.69) is 56.3 Å². The van der Waals surface area contributed by atoms with E-state index in [1.165, 1.54) is 11.1 Å². The van der Waals surface area contributed by atoms with Gasteiger partial charge in [0.05, 0.1) is 0 Å². The maximum absolute atomic E-state index is 11.3. The quantitative estimate of drug-likeness (QED) is 0.744. The zero-order chi connectivity index (χ0) is 13.8. The molecule has 0 N–H and O–H groups in total. The van der Waals surface area contributed by atoms with Crippen molar-refractivity contribution in [1.82, 2.24) is 0 Å². The Hall–Kier alpha value is -1.60. The summed E-state index contributed by atoms with van der Waals surface area (Å²) in [6.45, 7) is 4.11. The number of benzene rings is 2. The number of halogens is 1. The summed E-state index contributed by atoms with van der Waals surface area (Å²) < 4.78 is 0. The largest absolute Gasteiger partial charge is 0.281 e. The van der Waals surface area contributed by atoms with Crippen molar-refractivity contribution in [1.29, 1.82) is 0 Å². The molecule has 0 heterocycles. The predicted octanol–water partition coefficient (Wildman–Crippen LogP) is 4.59. The minimum atomic E-state index is -0.299. The molecule has 2 heteroatoms. The zero-order valence-electron chi connectivity index (χ0n) is 11.2. The summed E-state index contributed by atoms with van der Waals surface area (Å²) in [5.74, 6) is 0.0329. The molecule has 0 aliphatic heterocycles. The molecule has 0 spiro atoms. The highest BCUT2D eigenvalue weighted by molar-refractivity contribution is 6.63. The molecule has 1 unspecified atom stereocenters. The first-order chi connectivity index (χ1) is 9.06. The third kappa shape index (κ3) is 3.68. The Morgan fingerprint density at radius 2 is 1.68 bits per heavy atom. The van der Waals surface area contributed by atoms with Crippen LogP contribution in [0.2, 0.25) is 0 Å². The third-order valence-electron chi connectivity index (χ3n) is 3.29. The smallest absolute Gasteiger partial charge is 0.222 e. The summed E-state index contributed by atoms with van der Waals surface area (Å²) in [5.41, 5.74) is 4.67. The first kappa shape index (κ1) is 13.8. The zero-order valence-corrected chi connectivity index (χ0v) is 11.9. The minimum Gasteiger partial charge on any atom is -0.281 e. The molecule has 0 aromatic heterocycles. The average Bonchev–Trinajstić information content (AvgIpc) is 2.37. The number of carbonyl (C=O) groups excluding carboxylic acids is 1. The Labute approximate surface area is 119 Å². The fraction of sp³-hybridized carbons (Fsp3) is 0.235. The van der Waals surface area contributed by atoms with Gasteiger partial charge in [-0.3, -0.25) is 4.79 Å².